The van der Waals surface area contributed by atoms with E-state index in [1.807, 2.05) is 31.2 Å². The molecule has 0 N–H and O–H groups in total. The lowest BCUT2D eigenvalue weighted by Gasteiger charge is -2.33. The number of hydrogen-bond acceptors (Lipinski definition) is 9. The second kappa shape index (κ2) is 10.6. The zero-order valence-corrected chi connectivity index (χ0v) is 22.2. The highest BCUT2D eigenvalue weighted by molar-refractivity contribution is 7.89. The molecular weight excluding hydrogens is 514 g/mol. The Kier molecular flexibility index (Phi) is 7.24. The Bertz CT molecular complexity index is 1540. The molecule has 2 aromatic heterocycles. The summed E-state index contributed by atoms with van der Waals surface area (Å²) in [6.45, 7) is 4.66. The molecule has 5 rings (SSSR count). The normalized spacial score (nSPS) is 15.2. The van der Waals surface area contributed by atoms with Crippen molar-refractivity contribution in [2.75, 3.05) is 39.9 Å². The zero-order chi connectivity index (χ0) is 26.0. The minimum atomic E-state index is -3.59. The van der Waals surface area contributed by atoms with E-state index in [1.165, 1.54) is 26.2 Å². The van der Waals surface area contributed by atoms with Gasteiger partial charge in [-0.3, -0.25) is 9.69 Å². The van der Waals surface area contributed by atoms with Crippen LogP contribution in [0.3, 0.4) is 0 Å². The van der Waals surface area contributed by atoms with Gasteiger partial charge in [0.25, 0.3) is 5.56 Å². The molecule has 0 radical (unpaired) electrons. The third kappa shape index (κ3) is 5.37. The van der Waals surface area contributed by atoms with Crippen molar-refractivity contribution in [1.29, 1.82) is 0 Å². The SMILES string of the molecule is CCOc1ccc(S(=O)(=O)N2CCN(Cc3cc(=O)n4nc(-c5ccc(OC)cc5)sc4n3)CC2)cc1. The molecule has 0 spiro atoms. The summed E-state index contributed by atoms with van der Waals surface area (Å²) in [4.78, 5) is 20.3. The summed E-state index contributed by atoms with van der Waals surface area (Å²) in [5, 5.41) is 5.12. The van der Waals surface area contributed by atoms with Crippen molar-refractivity contribution in [3.8, 4) is 22.1 Å². The van der Waals surface area contributed by atoms with E-state index in [9.17, 15) is 13.2 Å². The Morgan fingerprint density at radius 1 is 0.973 bits per heavy atom. The molecule has 0 amide bonds. The van der Waals surface area contributed by atoms with E-state index in [0.29, 0.717) is 60.7 Å². The summed E-state index contributed by atoms with van der Waals surface area (Å²) < 4.78 is 39.5. The Labute approximate surface area is 218 Å². The first-order valence-corrected chi connectivity index (χ1v) is 14.1. The van der Waals surface area contributed by atoms with Crippen LogP contribution in [0, 0.1) is 0 Å². The molecule has 194 valence electrons. The number of hydrogen-bond donors (Lipinski definition) is 0. The molecule has 37 heavy (non-hydrogen) atoms. The minimum Gasteiger partial charge on any atom is -0.497 e. The maximum Gasteiger partial charge on any atom is 0.275 e. The van der Waals surface area contributed by atoms with Crippen molar-refractivity contribution in [2.24, 2.45) is 0 Å². The molecule has 10 nitrogen and oxygen atoms in total. The van der Waals surface area contributed by atoms with Gasteiger partial charge in [0.15, 0.2) is 0 Å². The van der Waals surface area contributed by atoms with E-state index in [4.69, 9.17) is 9.47 Å². The molecule has 0 bridgehead atoms. The fourth-order valence-electron chi connectivity index (χ4n) is 4.17. The summed E-state index contributed by atoms with van der Waals surface area (Å²) in [6, 6.07) is 15.5. The third-order valence-corrected chi connectivity index (χ3v) is 8.99. The van der Waals surface area contributed by atoms with Crippen LogP contribution in [0.15, 0.2) is 64.3 Å². The number of fused-ring (bicyclic) bond motifs is 1. The summed E-state index contributed by atoms with van der Waals surface area (Å²) in [5.41, 5.74) is 1.27. The Morgan fingerprint density at radius 3 is 2.30 bits per heavy atom. The van der Waals surface area contributed by atoms with Crippen molar-refractivity contribution >= 4 is 26.3 Å². The molecule has 1 aliphatic heterocycles. The van der Waals surface area contributed by atoms with Crippen molar-refractivity contribution in [3.63, 3.8) is 0 Å². The number of ether oxygens (including phenoxy) is 2. The first-order valence-electron chi connectivity index (χ1n) is 11.9. The fourth-order valence-corrected chi connectivity index (χ4v) is 6.52. The van der Waals surface area contributed by atoms with Gasteiger partial charge in [-0.2, -0.15) is 13.9 Å². The maximum atomic E-state index is 13.1. The van der Waals surface area contributed by atoms with Crippen molar-refractivity contribution < 1.29 is 17.9 Å². The van der Waals surface area contributed by atoms with Crippen molar-refractivity contribution in [3.05, 3.63) is 70.6 Å². The highest BCUT2D eigenvalue weighted by atomic mass is 32.2. The van der Waals surface area contributed by atoms with Gasteiger partial charge >= 0.3 is 0 Å². The lowest BCUT2D eigenvalue weighted by molar-refractivity contribution is 0.180. The Hall–Kier alpha value is -3.32. The van der Waals surface area contributed by atoms with Crippen LogP contribution in [-0.4, -0.2) is 72.1 Å². The third-order valence-electron chi connectivity index (χ3n) is 6.12. The molecule has 2 aromatic carbocycles. The number of rotatable bonds is 8. The summed E-state index contributed by atoms with van der Waals surface area (Å²) in [6.07, 6.45) is 0. The predicted octanol–water partition coefficient (Wildman–Crippen LogP) is 2.73. The molecule has 1 saturated heterocycles. The van der Waals surface area contributed by atoms with Crippen LogP contribution < -0.4 is 15.0 Å². The first kappa shape index (κ1) is 25.3. The van der Waals surface area contributed by atoms with Crippen LogP contribution in [0.5, 0.6) is 11.5 Å². The summed E-state index contributed by atoms with van der Waals surface area (Å²) in [5.74, 6) is 1.39. The Balaban J connectivity index is 1.26. The zero-order valence-electron chi connectivity index (χ0n) is 20.5. The van der Waals surface area contributed by atoms with Gasteiger partial charge < -0.3 is 9.47 Å². The van der Waals surface area contributed by atoms with Crippen molar-refractivity contribution in [2.45, 2.75) is 18.4 Å². The van der Waals surface area contributed by atoms with Crippen LogP contribution in [0.4, 0.5) is 0 Å². The Morgan fingerprint density at radius 2 is 1.65 bits per heavy atom. The standard InChI is InChI=1S/C25H27N5O5S2/c1-3-35-21-8-10-22(11-9-21)37(32,33)29-14-12-28(13-15-29)17-19-16-23(31)30-25(26-19)36-24(27-30)18-4-6-20(34-2)7-5-18/h4-11,16H,3,12-15,17H2,1-2H3. The molecule has 4 aromatic rings. The molecule has 1 aliphatic rings. The summed E-state index contributed by atoms with van der Waals surface area (Å²) >= 11 is 1.34. The lowest BCUT2D eigenvalue weighted by Crippen LogP contribution is -2.48. The molecule has 0 unspecified atom stereocenters. The van der Waals surface area contributed by atoms with E-state index < -0.39 is 10.0 Å². The summed E-state index contributed by atoms with van der Waals surface area (Å²) in [7, 11) is -1.98. The van der Waals surface area contributed by atoms with Crippen LogP contribution in [0.2, 0.25) is 0 Å². The van der Waals surface area contributed by atoms with Gasteiger partial charge in [-0.25, -0.2) is 13.4 Å². The van der Waals surface area contributed by atoms with Gasteiger partial charge in [-0.05, 0) is 55.5 Å². The largest absolute Gasteiger partial charge is 0.497 e. The number of sulfonamides is 1. The van der Waals surface area contributed by atoms with E-state index in [1.54, 1.807) is 31.4 Å². The second-order valence-electron chi connectivity index (χ2n) is 8.50. The van der Waals surface area contributed by atoms with E-state index >= 15 is 0 Å². The molecule has 1 fully saturated rings. The van der Waals surface area contributed by atoms with E-state index in [0.717, 1.165) is 11.3 Å². The molecule has 0 saturated carbocycles. The topological polar surface area (TPSA) is 106 Å². The van der Waals surface area contributed by atoms with Gasteiger partial charge in [-0.1, -0.05) is 11.3 Å². The molecule has 12 heteroatoms. The van der Waals surface area contributed by atoms with Gasteiger partial charge in [0.2, 0.25) is 15.0 Å². The van der Waals surface area contributed by atoms with Gasteiger partial charge in [0.1, 0.15) is 16.5 Å². The van der Waals surface area contributed by atoms with Crippen LogP contribution in [-0.2, 0) is 16.6 Å². The van der Waals surface area contributed by atoms with Crippen LogP contribution in [0.1, 0.15) is 12.6 Å². The number of aromatic nitrogens is 3. The molecule has 3 heterocycles. The van der Waals surface area contributed by atoms with Crippen molar-refractivity contribution in [1.82, 2.24) is 23.8 Å². The maximum absolute atomic E-state index is 13.1. The lowest BCUT2D eigenvalue weighted by atomic mass is 10.2. The van der Waals surface area contributed by atoms with E-state index in [2.05, 4.69) is 15.0 Å². The number of nitrogens with zero attached hydrogens (tertiary/aromatic N) is 5. The molecule has 0 aliphatic carbocycles. The monoisotopic (exact) mass is 541 g/mol. The highest BCUT2D eigenvalue weighted by Crippen LogP contribution is 2.26. The number of benzene rings is 2. The highest BCUT2D eigenvalue weighted by Gasteiger charge is 2.28. The predicted molar refractivity (Wildman–Crippen MR) is 141 cm³/mol. The number of piperazine rings is 1. The van der Waals surface area contributed by atoms with Gasteiger partial charge in [0.05, 0.1) is 24.3 Å². The molecule has 0 atom stereocenters. The quantitative estimate of drug-likeness (QED) is 0.335. The molecular formula is C25H27N5O5S2. The van der Waals surface area contributed by atoms with Gasteiger partial charge in [-0.15, -0.1) is 0 Å². The average Bonchev–Trinajstić information content (AvgIpc) is 3.34. The van der Waals surface area contributed by atoms with Crippen LogP contribution >= 0.6 is 11.3 Å². The first-order chi connectivity index (χ1) is 17.9. The smallest absolute Gasteiger partial charge is 0.275 e. The van der Waals surface area contributed by atoms with Crippen LogP contribution in [0.25, 0.3) is 15.5 Å². The number of methoxy groups -OCH3 is 1. The van der Waals surface area contributed by atoms with Gasteiger partial charge in [0, 0.05) is 44.4 Å². The second-order valence-corrected chi connectivity index (χ2v) is 11.4. The minimum absolute atomic E-state index is 0.243. The average molecular weight is 542 g/mol. The van der Waals surface area contributed by atoms with E-state index in [-0.39, 0.29) is 10.5 Å². The fraction of sp³-hybridized carbons (Fsp3) is 0.320.